The van der Waals surface area contributed by atoms with E-state index >= 15 is 0 Å². The molecule has 0 aliphatic heterocycles. The highest BCUT2D eigenvalue weighted by Gasteiger charge is 2.14. The van der Waals surface area contributed by atoms with Crippen molar-refractivity contribution in [3.63, 3.8) is 0 Å². The lowest BCUT2D eigenvalue weighted by Crippen LogP contribution is -2.22. The van der Waals surface area contributed by atoms with Crippen molar-refractivity contribution in [3.05, 3.63) is 0 Å². The Balaban J connectivity index is 0. The van der Waals surface area contributed by atoms with Crippen LogP contribution in [0.5, 0.6) is 0 Å². The molecule has 0 saturated carbocycles. The van der Waals surface area contributed by atoms with Crippen molar-refractivity contribution in [3.8, 4) is 0 Å². The Morgan fingerprint density at radius 2 is 1.42 bits per heavy atom. The summed E-state index contributed by atoms with van der Waals surface area (Å²) in [7, 11) is 0. The van der Waals surface area contributed by atoms with Crippen LogP contribution in [0, 0.1) is 5.92 Å². The van der Waals surface area contributed by atoms with Crippen LogP contribution in [0.25, 0.3) is 0 Å². The molecule has 3 unspecified atom stereocenters. The molecular weight excluding hydrogens is 244 g/mol. The maximum absolute atomic E-state index is 9.35. The largest absolute Gasteiger partial charge is 0.396 e. The highest BCUT2D eigenvalue weighted by atomic mass is 16.3. The summed E-state index contributed by atoms with van der Waals surface area (Å²) in [4.78, 5) is 0. The van der Waals surface area contributed by atoms with Crippen LogP contribution in [-0.2, 0) is 0 Å². The fourth-order valence-corrected chi connectivity index (χ4v) is 1.78. The van der Waals surface area contributed by atoms with E-state index < -0.39 is 6.10 Å². The van der Waals surface area contributed by atoms with Gasteiger partial charge in [0.15, 0.2) is 0 Å². The van der Waals surface area contributed by atoms with E-state index in [1.165, 1.54) is 0 Å². The Bertz CT molecular complexity index is 160. The molecule has 0 rings (SSSR count). The molecule has 0 aliphatic rings. The average Bonchev–Trinajstić information content (AvgIpc) is 2.41. The fourth-order valence-electron chi connectivity index (χ4n) is 1.78. The van der Waals surface area contributed by atoms with Crippen molar-refractivity contribution >= 4 is 0 Å². The van der Waals surface area contributed by atoms with Crippen LogP contribution in [0.15, 0.2) is 0 Å². The fraction of sp³-hybridized carbons (Fsp3) is 1.00. The third-order valence-electron chi connectivity index (χ3n) is 3.24. The van der Waals surface area contributed by atoms with Gasteiger partial charge in [-0.1, -0.05) is 46.5 Å². The highest BCUT2D eigenvalue weighted by Crippen LogP contribution is 2.12. The zero-order valence-corrected chi connectivity index (χ0v) is 12.9. The first-order valence-electron chi connectivity index (χ1n) is 7.64. The number of hydrogen-bond donors (Lipinski definition) is 4. The van der Waals surface area contributed by atoms with Crippen molar-refractivity contribution in [2.45, 2.75) is 77.9 Å². The van der Waals surface area contributed by atoms with E-state index in [9.17, 15) is 5.11 Å². The van der Waals surface area contributed by atoms with Gasteiger partial charge in [-0.15, -0.1) is 0 Å². The lowest BCUT2D eigenvalue weighted by molar-refractivity contribution is 0.0584. The molecule has 118 valence electrons. The van der Waals surface area contributed by atoms with Gasteiger partial charge in [0.25, 0.3) is 0 Å². The topological polar surface area (TPSA) is 80.9 Å². The quantitative estimate of drug-likeness (QED) is 0.461. The highest BCUT2D eigenvalue weighted by molar-refractivity contribution is 4.65. The van der Waals surface area contributed by atoms with Gasteiger partial charge in [0.2, 0.25) is 0 Å². The van der Waals surface area contributed by atoms with Crippen molar-refractivity contribution < 1.29 is 20.4 Å². The summed E-state index contributed by atoms with van der Waals surface area (Å²) >= 11 is 0. The number of hydrogen-bond acceptors (Lipinski definition) is 4. The van der Waals surface area contributed by atoms with Crippen LogP contribution in [-0.4, -0.2) is 45.8 Å². The summed E-state index contributed by atoms with van der Waals surface area (Å²) in [6.45, 7) is 6.15. The normalized spacial score (nSPS) is 15.3. The lowest BCUT2D eigenvalue weighted by Gasteiger charge is -2.17. The molecule has 0 aromatic carbocycles. The van der Waals surface area contributed by atoms with E-state index in [0.717, 1.165) is 44.9 Å². The summed E-state index contributed by atoms with van der Waals surface area (Å²) in [6.07, 6.45) is 5.93. The van der Waals surface area contributed by atoms with E-state index in [2.05, 4.69) is 6.92 Å². The van der Waals surface area contributed by atoms with E-state index in [1.54, 1.807) is 0 Å². The third kappa shape index (κ3) is 14.1. The smallest absolute Gasteiger partial charge is 0.0770 e. The van der Waals surface area contributed by atoms with Gasteiger partial charge in [0.1, 0.15) is 0 Å². The molecule has 0 bridgehead atoms. The predicted molar refractivity (Wildman–Crippen MR) is 79.0 cm³/mol. The maximum atomic E-state index is 9.35. The van der Waals surface area contributed by atoms with E-state index in [1.807, 2.05) is 13.8 Å². The van der Waals surface area contributed by atoms with Gasteiger partial charge in [-0.25, -0.2) is 0 Å². The second kappa shape index (κ2) is 15.9. The van der Waals surface area contributed by atoms with Crippen molar-refractivity contribution in [2.75, 3.05) is 13.2 Å². The van der Waals surface area contributed by atoms with Gasteiger partial charge < -0.3 is 20.4 Å². The first-order valence-corrected chi connectivity index (χ1v) is 7.64. The molecule has 0 fully saturated rings. The molecule has 3 atom stereocenters. The number of aliphatic hydroxyl groups excluding tert-OH is 4. The summed E-state index contributed by atoms with van der Waals surface area (Å²) in [5, 5.41) is 35.3. The van der Waals surface area contributed by atoms with Gasteiger partial charge in [-0.2, -0.15) is 0 Å². The minimum atomic E-state index is -0.489. The average molecular weight is 278 g/mol. The first-order chi connectivity index (χ1) is 9.06. The molecule has 19 heavy (non-hydrogen) atoms. The van der Waals surface area contributed by atoms with Crippen LogP contribution < -0.4 is 0 Å². The van der Waals surface area contributed by atoms with Gasteiger partial charge in [-0.05, 0) is 19.3 Å². The van der Waals surface area contributed by atoms with Crippen LogP contribution in [0.4, 0.5) is 0 Å². The standard InChI is InChI=1S/C8H18O2.C7H16O2/c1-3-5-8(10)7(4-2)6-9;1-2-3-4-5-7(9)6-8/h7-10H,3-6H2,1-2H3;7-9H,2-6H2,1H3. The zero-order valence-electron chi connectivity index (χ0n) is 12.9. The Morgan fingerprint density at radius 1 is 0.789 bits per heavy atom. The molecule has 0 aromatic heterocycles. The van der Waals surface area contributed by atoms with Gasteiger partial charge in [-0.3, -0.25) is 0 Å². The number of aliphatic hydroxyl groups is 4. The van der Waals surface area contributed by atoms with Crippen molar-refractivity contribution in [1.29, 1.82) is 0 Å². The van der Waals surface area contributed by atoms with Crippen LogP contribution >= 0.6 is 0 Å². The predicted octanol–water partition coefficient (Wildman–Crippen LogP) is 2.09. The van der Waals surface area contributed by atoms with Gasteiger partial charge in [0.05, 0.1) is 18.8 Å². The molecule has 0 amide bonds. The molecule has 0 aromatic rings. The second-order valence-corrected chi connectivity index (χ2v) is 5.04. The van der Waals surface area contributed by atoms with Gasteiger partial charge in [0, 0.05) is 12.5 Å². The summed E-state index contributed by atoms with van der Waals surface area (Å²) in [5.41, 5.74) is 0. The summed E-state index contributed by atoms with van der Waals surface area (Å²) in [6, 6.07) is 0. The molecule has 0 heterocycles. The molecule has 0 aliphatic carbocycles. The Hall–Kier alpha value is -0.160. The SMILES string of the molecule is CCCC(O)C(CC)CO.CCCCCC(O)CO. The second-order valence-electron chi connectivity index (χ2n) is 5.04. The Morgan fingerprint density at radius 3 is 1.79 bits per heavy atom. The summed E-state index contributed by atoms with van der Waals surface area (Å²) in [5.74, 6) is 0.0833. The first kappa shape index (κ1) is 21.1. The molecule has 4 N–H and O–H groups in total. The van der Waals surface area contributed by atoms with Crippen molar-refractivity contribution in [1.82, 2.24) is 0 Å². The lowest BCUT2D eigenvalue weighted by atomic mass is 9.97. The summed E-state index contributed by atoms with van der Waals surface area (Å²) < 4.78 is 0. The molecular formula is C15H34O4. The molecule has 0 radical (unpaired) electrons. The van der Waals surface area contributed by atoms with E-state index in [0.29, 0.717) is 0 Å². The molecule has 4 heteroatoms. The van der Waals surface area contributed by atoms with Crippen LogP contribution in [0.2, 0.25) is 0 Å². The molecule has 0 spiro atoms. The Labute approximate surface area is 118 Å². The van der Waals surface area contributed by atoms with Crippen LogP contribution in [0.1, 0.15) is 65.7 Å². The van der Waals surface area contributed by atoms with Gasteiger partial charge >= 0.3 is 0 Å². The Kier molecular flexibility index (Phi) is 17.7. The number of rotatable bonds is 10. The monoisotopic (exact) mass is 278 g/mol. The molecule has 0 saturated heterocycles. The molecule has 4 nitrogen and oxygen atoms in total. The third-order valence-corrected chi connectivity index (χ3v) is 3.24. The van der Waals surface area contributed by atoms with Crippen molar-refractivity contribution in [2.24, 2.45) is 5.92 Å². The van der Waals surface area contributed by atoms with E-state index in [-0.39, 0.29) is 25.2 Å². The zero-order chi connectivity index (χ0) is 15.1. The minimum absolute atomic E-state index is 0.0833. The van der Waals surface area contributed by atoms with Crippen LogP contribution in [0.3, 0.4) is 0 Å². The van der Waals surface area contributed by atoms with E-state index in [4.69, 9.17) is 15.3 Å². The minimum Gasteiger partial charge on any atom is -0.396 e. The number of unbranched alkanes of at least 4 members (excludes halogenated alkanes) is 2. The maximum Gasteiger partial charge on any atom is 0.0770 e.